The number of hydrogen-bond donors (Lipinski definition) is 1. The van der Waals surface area contributed by atoms with E-state index in [1.165, 1.54) is 11.8 Å². The molecule has 24 heavy (non-hydrogen) atoms. The quantitative estimate of drug-likeness (QED) is 0.840. The zero-order valence-electron chi connectivity index (χ0n) is 13.2. The molecule has 2 amide bonds. The molecule has 4 nitrogen and oxygen atoms in total. The molecule has 2 heterocycles. The molecular formula is C18H15ClN2O2S. The van der Waals surface area contributed by atoms with Gasteiger partial charge in [-0.25, -0.2) is 0 Å². The topological polar surface area (TPSA) is 49.4 Å². The zero-order valence-corrected chi connectivity index (χ0v) is 14.7. The van der Waals surface area contributed by atoms with Crippen molar-refractivity contribution in [3.63, 3.8) is 0 Å². The second-order valence-electron chi connectivity index (χ2n) is 6.06. The molecule has 0 aliphatic carbocycles. The van der Waals surface area contributed by atoms with Crippen LogP contribution in [0.1, 0.15) is 18.1 Å². The van der Waals surface area contributed by atoms with Crippen LogP contribution in [0.5, 0.6) is 0 Å². The van der Waals surface area contributed by atoms with Gasteiger partial charge in [-0.05, 0) is 44.2 Å². The molecule has 1 saturated heterocycles. The normalized spacial score (nSPS) is 25.3. The summed E-state index contributed by atoms with van der Waals surface area (Å²) in [7, 11) is 0. The number of nitrogens with one attached hydrogen (secondary N) is 1. The number of hydrogen-bond acceptors (Lipinski definition) is 3. The van der Waals surface area contributed by atoms with E-state index >= 15 is 0 Å². The van der Waals surface area contributed by atoms with E-state index in [0.717, 1.165) is 11.1 Å². The van der Waals surface area contributed by atoms with Crippen LogP contribution in [-0.2, 0) is 14.5 Å². The van der Waals surface area contributed by atoms with Gasteiger partial charge >= 0.3 is 0 Å². The zero-order chi connectivity index (χ0) is 17.1. The number of carbonyl (C=O) groups excluding carboxylic acids is 2. The number of nitrogens with zero attached hydrogens (tertiary/aromatic N) is 1. The lowest BCUT2D eigenvalue weighted by Crippen LogP contribution is -2.47. The molecule has 1 fully saturated rings. The van der Waals surface area contributed by atoms with Gasteiger partial charge in [0.25, 0.3) is 5.91 Å². The van der Waals surface area contributed by atoms with Gasteiger partial charge in [-0.2, -0.15) is 0 Å². The molecular weight excluding hydrogens is 344 g/mol. The van der Waals surface area contributed by atoms with Crippen molar-refractivity contribution in [1.82, 2.24) is 0 Å². The lowest BCUT2D eigenvalue weighted by molar-refractivity contribution is -0.122. The maximum absolute atomic E-state index is 12.9. The smallest absolute Gasteiger partial charge is 0.266 e. The number of aryl methyl sites for hydroxylation is 1. The maximum Gasteiger partial charge on any atom is 0.266 e. The fourth-order valence-electron chi connectivity index (χ4n) is 3.27. The molecule has 0 radical (unpaired) electrons. The van der Waals surface area contributed by atoms with Crippen molar-refractivity contribution in [2.24, 2.45) is 0 Å². The van der Waals surface area contributed by atoms with Gasteiger partial charge in [0.2, 0.25) is 10.8 Å². The third-order valence-electron chi connectivity index (χ3n) is 4.43. The number of benzene rings is 2. The Labute approximate surface area is 149 Å². The minimum absolute atomic E-state index is 0.0770. The van der Waals surface area contributed by atoms with Crippen molar-refractivity contribution in [3.8, 4) is 0 Å². The van der Waals surface area contributed by atoms with Crippen LogP contribution in [0.15, 0.2) is 42.5 Å². The van der Waals surface area contributed by atoms with Gasteiger partial charge in [0, 0.05) is 22.0 Å². The van der Waals surface area contributed by atoms with Crippen LogP contribution in [0.2, 0.25) is 5.02 Å². The van der Waals surface area contributed by atoms with Gasteiger partial charge in [0.15, 0.2) is 0 Å². The number of amides is 2. The Hall–Kier alpha value is -1.98. The third-order valence-corrected chi connectivity index (χ3v) is 6.14. The summed E-state index contributed by atoms with van der Waals surface area (Å²) in [4.78, 5) is 26.3. The number of anilines is 2. The van der Waals surface area contributed by atoms with Crippen molar-refractivity contribution in [3.05, 3.63) is 58.6 Å². The fourth-order valence-corrected chi connectivity index (χ4v) is 4.92. The van der Waals surface area contributed by atoms with Gasteiger partial charge in [0.05, 0.1) is 5.25 Å². The summed E-state index contributed by atoms with van der Waals surface area (Å²) in [6.45, 7) is 3.82. The second-order valence-corrected chi connectivity index (χ2v) is 8.03. The maximum atomic E-state index is 12.9. The lowest BCUT2D eigenvalue weighted by Gasteiger charge is -2.32. The summed E-state index contributed by atoms with van der Waals surface area (Å²) in [5.74, 6) is -0.283. The molecule has 1 N–H and O–H groups in total. The van der Waals surface area contributed by atoms with Crippen LogP contribution in [0.4, 0.5) is 11.4 Å². The molecule has 122 valence electrons. The van der Waals surface area contributed by atoms with Crippen LogP contribution in [0.3, 0.4) is 0 Å². The van der Waals surface area contributed by atoms with Crippen molar-refractivity contribution in [1.29, 1.82) is 0 Å². The predicted octanol–water partition coefficient (Wildman–Crippen LogP) is 3.92. The van der Waals surface area contributed by atoms with E-state index in [9.17, 15) is 9.59 Å². The van der Waals surface area contributed by atoms with Crippen LogP contribution in [0, 0.1) is 6.92 Å². The molecule has 2 aromatic rings. The van der Waals surface area contributed by atoms with E-state index in [-0.39, 0.29) is 17.1 Å². The second kappa shape index (κ2) is 5.26. The van der Waals surface area contributed by atoms with Crippen LogP contribution in [0.25, 0.3) is 0 Å². The summed E-state index contributed by atoms with van der Waals surface area (Å²) in [6.07, 6.45) is 0. The third kappa shape index (κ3) is 2.01. The summed E-state index contributed by atoms with van der Waals surface area (Å²) in [5.41, 5.74) is 3.25. The van der Waals surface area contributed by atoms with E-state index < -0.39 is 4.87 Å². The first kappa shape index (κ1) is 15.5. The van der Waals surface area contributed by atoms with Gasteiger partial charge in [-0.1, -0.05) is 29.3 Å². The Morgan fingerprint density at radius 3 is 2.58 bits per heavy atom. The van der Waals surface area contributed by atoms with E-state index in [1.807, 2.05) is 38.1 Å². The monoisotopic (exact) mass is 358 g/mol. The first-order chi connectivity index (χ1) is 11.4. The number of rotatable bonds is 1. The molecule has 2 aromatic carbocycles. The van der Waals surface area contributed by atoms with Crippen molar-refractivity contribution >= 4 is 46.6 Å². The van der Waals surface area contributed by atoms with Crippen LogP contribution >= 0.6 is 23.4 Å². The average Bonchev–Trinajstić information content (AvgIpc) is 2.97. The number of carbonyl (C=O) groups is 2. The highest BCUT2D eigenvalue weighted by Crippen LogP contribution is 2.56. The summed E-state index contributed by atoms with van der Waals surface area (Å²) < 4.78 is 0. The Morgan fingerprint density at radius 2 is 1.88 bits per heavy atom. The average molecular weight is 359 g/mol. The van der Waals surface area contributed by atoms with E-state index in [2.05, 4.69) is 5.32 Å². The Morgan fingerprint density at radius 1 is 1.17 bits per heavy atom. The molecule has 0 aromatic heterocycles. The number of halogens is 1. The standard InChI is InChI=1S/C18H15ClN2O2S/c1-10-3-6-13(7-4-10)21-16(22)11(2)24-18(21)14-9-12(19)5-8-15(14)20-17(18)23/h3-9,11H,1-2H3,(H,20,23)/t11-,18-/m0/s1. The van der Waals surface area contributed by atoms with Gasteiger partial charge in [-0.3, -0.25) is 14.5 Å². The molecule has 0 bridgehead atoms. The highest BCUT2D eigenvalue weighted by atomic mass is 35.5. The minimum atomic E-state index is -1.11. The van der Waals surface area contributed by atoms with E-state index in [1.54, 1.807) is 23.1 Å². The highest BCUT2D eigenvalue weighted by Gasteiger charge is 2.60. The molecule has 4 rings (SSSR count). The molecule has 6 heteroatoms. The first-order valence-corrected chi connectivity index (χ1v) is 8.89. The molecule has 2 aliphatic rings. The molecule has 1 spiro atoms. The van der Waals surface area contributed by atoms with Crippen molar-refractivity contribution in [2.75, 3.05) is 10.2 Å². The molecule has 0 unspecified atom stereocenters. The van der Waals surface area contributed by atoms with Crippen LogP contribution in [-0.4, -0.2) is 17.1 Å². The lowest BCUT2D eigenvalue weighted by atomic mass is 10.0. The Kier molecular flexibility index (Phi) is 3.41. The van der Waals surface area contributed by atoms with Gasteiger partial charge in [-0.15, -0.1) is 11.8 Å². The van der Waals surface area contributed by atoms with E-state index in [4.69, 9.17) is 11.6 Å². The molecule has 2 aliphatic heterocycles. The number of thioether (sulfide) groups is 1. The summed E-state index contributed by atoms with van der Waals surface area (Å²) in [6, 6.07) is 12.9. The summed E-state index contributed by atoms with van der Waals surface area (Å²) in [5, 5.41) is 3.12. The van der Waals surface area contributed by atoms with Crippen molar-refractivity contribution in [2.45, 2.75) is 24.0 Å². The molecule has 2 atom stereocenters. The fraction of sp³-hybridized carbons (Fsp3) is 0.222. The van der Waals surface area contributed by atoms with Crippen LogP contribution < -0.4 is 10.2 Å². The Balaban J connectivity index is 1.95. The highest BCUT2D eigenvalue weighted by molar-refractivity contribution is 8.03. The summed E-state index contributed by atoms with van der Waals surface area (Å²) >= 11 is 7.52. The van der Waals surface area contributed by atoms with Gasteiger partial charge in [0.1, 0.15) is 0 Å². The minimum Gasteiger partial charge on any atom is -0.323 e. The largest absolute Gasteiger partial charge is 0.323 e. The first-order valence-electron chi connectivity index (χ1n) is 7.63. The van der Waals surface area contributed by atoms with Crippen molar-refractivity contribution < 1.29 is 9.59 Å². The Bertz CT molecular complexity index is 868. The van der Waals surface area contributed by atoms with Gasteiger partial charge < -0.3 is 5.32 Å². The number of fused-ring (bicyclic) bond motifs is 2. The predicted molar refractivity (Wildman–Crippen MR) is 97.5 cm³/mol. The SMILES string of the molecule is Cc1ccc(N2C(=O)[C@H](C)S[C@@]23C(=O)Nc2ccc(Cl)cc23)cc1. The molecule has 0 saturated carbocycles. The van der Waals surface area contributed by atoms with E-state index in [0.29, 0.717) is 16.4 Å².